The maximum absolute atomic E-state index is 8.76. The summed E-state index contributed by atoms with van der Waals surface area (Å²) in [6.45, 7) is 2.22. The van der Waals surface area contributed by atoms with Crippen molar-refractivity contribution >= 4 is 11.9 Å². The zero-order valence-corrected chi connectivity index (χ0v) is 12.4. The quantitative estimate of drug-likeness (QED) is 0.537. The van der Waals surface area contributed by atoms with Crippen LogP contribution in [-0.4, -0.2) is 6.21 Å². The molecule has 0 saturated heterocycles. The van der Waals surface area contributed by atoms with Gasteiger partial charge < -0.3 is 0 Å². The van der Waals surface area contributed by atoms with E-state index in [2.05, 4.69) is 42.3 Å². The van der Waals surface area contributed by atoms with Crippen molar-refractivity contribution in [2.24, 2.45) is 4.99 Å². The third kappa shape index (κ3) is 4.89. The normalized spacial score (nSPS) is 10.7. The van der Waals surface area contributed by atoms with Gasteiger partial charge in [0.05, 0.1) is 17.3 Å². The summed E-state index contributed by atoms with van der Waals surface area (Å²) in [6.07, 6.45) is 6.77. The molecule has 0 bridgehead atoms. The third-order valence-corrected chi connectivity index (χ3v) is 3.41. The van der Waals surface area contributed by atoms with Gasteiger partial charge in [-0.05, 0) is 48.2 Å². The molecule has 0 heterocycles. The van der Waals surface area contributed by atoms with Gasteiger partial charge in [0.1, 0.15) is 0 Å². The van der Waals surface area contributed by atoms with Gasteiger partial charge in [0.2, 0.25) is 0 Å². The van der Waals surface area contributed by atoms with Gasteiger partial charge in [-0.1, -0.05) is 44.0 Å². The summed E-state index contributed by atoms with van der Waals surface area (Å²) in [5, 5.41) is 8.76. The topological polar surface area (TPSA) is 36.1 Å². The lowest BCUT2D eigenvalue weighted by Crippen LogP contribution is -1.84. The van der Waals surface area contributed by atoms with E-state index in [9.17, 15) is 0 Å². The summed E-state index contributed by atoms with van der Waals surface area (Å²) < 4.78 is 0. The van der Waals surface area contributed by atoms with Crippen LogP contribution in [0, 0.1) is 11.3 Å². The second-order valence-corrected chi connectivity index (χ2v) is 5.12. The zero-order valence-electron chi connectivity index (χ0n) is 12.4. The summed E-state index contributed by atoms with van der Waals surface area (Å²) in [7, 11) is 0. The largest absolute Gasteiger partial charge is 0.256 e. The van der Waals surface area contributed by atoms with Gasteiger partial charge in [0.25, 0.3) is 0 Å². The van der Waals surface area contributed by atoms with Crippen LogP contribution in [0.15, 0.2) is 53.5 Å². The third-order valence-electron chi connectivity index (χ3n) is 3.41. The molecule has 0 atom stereocenters. The highest BCUT2D eigenvalue weighted by molar-refractivity contribution is 5.82. The van der Waals surface area contributed by atoms with E-state index in [1.165, 1.54) is 24.8 Å². The Kier molecular flexibility index (Phi) is 5.72. The van der Waals surface area contributed by atoms with Crippen molar-refractivity contribution in [2.45, 2.75) is 32.6 Å². The van der Waals surface area contributed by atoms with Crippen LogP contribution in [0.3, 0.4) is 0 Å². The van der Waals surface area contributed by atoms with Crippen LogP contribution in [0.4, 0.5) is 5.69 Å². The fourth-order valence-electron chi connectivity index (χ4n) is 2.12. The lowest BCUT2D eigenvalue weighted by molar-refractivity contribution is 0.717. The number of unbranched alkanes of at least 4 members (excludes halogenated alkanes) is 2. The Morgan fingerprint density at radius 2 is 1.71 bits per heavy atom. The molecule has 21 heavy (non-hydrogen) atoms. The minimum atomic E-state index is 0.670. The van der Waals surface area contributed by atoms with Crippen molar-refractivity contribution < 1.29 is 0 Å². The van der Waals surface area contributed by atoms with Gasteiger partial charge in [-0.3, -0.25) is 4.99 Å². The molecule has 2 aromatic carbocycles. The summed E-state index contributed by atoms with van der Waals surface area (Å²) in [6, 6.07) is 17.9. The highest BCUT2D eigenvalue weighted by atomic mass is 14.7. The van der Waals surface area contributed by atoms with Gasteiger partial charge in [-0.15, -0.1) is 0 Å². The lowest BCUT2D eigenvalue weighted by Gasteiger charge is -2.01. The highest BCUT2D eigenvalue weighted by Gasteiger charge is 1.94. The van der Waals surface area contributed by atoms with Crippen LogP contribution >= 0.6 is 0 Å². The van der Waals surface area contributed by atoms with E-state index >= 15 is 0 Å². The van der Waals surface area contributed by atoms with Crippen LogP contribution in [0.5, 0.6) is 0 Å². The number of hydrogen-bond donors (Lipinski definition) is 0. The Labute approximate surface area is 126 Å². The van der Waals surface area contributed by atoms with Crippen LogP contribution in [0.1, 0.15) is 42.9 Å². The minimum Gasteiger partial charge on any atom is -0.256 e. The first kappa shape index (κ1) is 15.0. The van der Waals surface area contributed by atoms with Crippen LogP contribution < -0.4 is 0 Å². The lowest BCUT2D eigenvalue weighted by atomic mass is 10.1. The Morgan fingerprint density at radius 1 is 1.00 bits per heavy atom. The number of nitriles is 1. The van der Waals surface area contributed by atoms with Crippen molar-refractivity contribution in [1.82, 2.24) is 0 Å². The molecule has 0 aliphatic rings. The van der Waals surface area contributed by atoms with E-state index in [0.717, 1.165) is 17.7 Å². The molecule has 0 spiro atoms. The van der Waals surface area contributed by atoms with Gasteiger partial charge >= 0.3 is 0 Å². The maximum atomic E-state index is 8.76. The standard InChI is InChI=1S/C19H20N2/c1-2-3-4-5-16-10-12-19(13-11-16)21-15-18-8-6-17(14-20)7-9-18/h6-13,15H,2-5H2,1H3. The first-order valence-electron chi connectivity index (χ1n) is 7.45. The Balaban J connectivity index is 1.95. The van der Waals surface area contributed by atoms with E-state index in [0.29, 0.717) is 5.56 Å². The molecule has 0 amide bonds. The molecule has 0 aliphatic heterocycles. The molecule has 2 heteroatoms. The van der Waals surface area contributed by atoms with E-state index < -0.39 is 0 Å². The van der Waals surface area contributed by atoms with Gasteiger partial charge in [-0.2, -0.15) is 5.26 Å². The maximum Gasteiger partial charge on any atom is 0.0991 e. The van der Waals surface area contributed by atoms with Crippen molar-refractivity contribution in [3.05, 3.63) is 65.2 Å². The first-order chi connectivity index (χ1) is 10.3. The van der Waals surface area contributed by atoms with E-state index in [1.807, 2.05) is 18.3 Å². The summed E-state index contributed by atoms with van der Waals surface area (Å²) >= 11 is 0. The molecule has 0 aromatic heterocycles. The number of aryl methyl sites for hydroxylation is 1. The van der Waals surface area contributed by atoms with Crippen molar-refractivity contribution in [2.75, 3.05) is 0 Å². The average molecular weight is 276 g/mol. The minimum absolute atomic E-state index is 0.670. The Morgan fingerprint density at radius 3 is 2.33 bits per heavy atom. The summed E-state index contributed by atoms with van der Waals surface area (Å²) in [5.41, 5.74) is 4.00. The number of benzene rings is 2. The smallest absolute Gasteiger partial charge is 0.0991 e. The van der Waals surface area contributed by atoms with E-state index in [1.54, 1.807) is 12.1 Å². The van der Waals surface area contributed by atoms with Crippen LogP contribution in [0.2, 0.25) is 0 Å². The molecular weight excluding hydrogens is 256 g/mol. The van der Waals surface area contributed by atoms with Crippen LogP contribution in [-0.2, 0) is 6.42 Å². The van der Waals surface area contributed by atoms with E-state index in [-0.39, 0.29) is 0 Å². The molecule has 106 valence electrons. The Hall–Kier alpha value is -2.40. The fraction of sp³-hybridized carbons (Fsp3) is 0.263. The second kappa shape index (κ2) is 8.01. The Bertz CT molecular complexity index is 616. The van der Waals surface area contributed by atoms with Crippen molar-refractivity contribution in [3.8, 4) is 6.07 Å². The first-order valence-corrected chi connectivity index (χ1v) is 7.45. The number of aliphatic imine (C=N–C) groups is 1. The van der Waals surface area contributed by atoms with Crippen LogP contribution in [0.25, 0.3) is 0 Å². The van der Waals surface area contributed by atoms with Crippen molar-refractivity contribution in [1.29, 1.82) is 5.26 Å². The molecule has 0 unspecified atom stereocenters. The number of rotatable bonds is 6. The molecule has 2 rings (SSSR count). The molecular formula is C19H20N2. The monoisotopic (exact) mass is 276 g/mol. The predicted octanol–water partition coefficient (Wildman–Crippen LogP) is 5.04. The molecule has 0 fully saturated rings. The van der Waals surface area contributed by atoms with Gasteiger partial charge in [-0.25, -0.2) is 0 Å². The number of nitrogens with zero attached hydrogens (tertiary/aromatic N) is 2. The number of hydrogen-bond acceptors (Lipinski definition) is 2. The molecule has 0 N–H and O–H groups in total. The summed E-state index contributed by atoms with van der Waals surface area (Å²) in [4.78, 5) is 4.46. The SMILES string of the molecule is CCCCCc1ccc(N=Cc2ccc(C#N)cc2)cc1. The molecule has 2 nitrogen and oxygen atoms in total. The van der Waals surface area contributed by atoms with E-state index in [4.69, 9.17) is 5.26 Å². The fourth-order valence-corrected chi connectivity index (χ4v) is 2.12. The second-order valence-electron chi connectivity index (χ2n) is 5.12. The highest BCUT2D eigenvalue weighted by Crippen LogP contribution is 2.15. The van der Waals surface area contributed by atoms with Gasteiger partial charge in [0, 0.05) is 6.21 Å². The average Bonchev–Trinajstić information content (AvgIpc) is 2.55. The molecule has 2 aromatic rings. The predicted molar refractivity (Wildman–Crippen MR) is 88.1 cm³/mol. The van der Waals surface area contributed by atoms with Crippen molar-refractivity contribution in [3.63, 3.8) is 0 Å². The zero-order chi connectivity index (χ0) is 14.9. The molecule has 0 saturated carbocycles. The molecule has 0 radical (unpaired) electrons. The van der Waals surface area contributed by atoms with Gasteiger partial charge in [0.15, 0.2) is 0 Å². The molecule has 0 aliphatic carbocycles. The summed E-state index contributed by atoms with van der Waals surface area (Å²) in [5.74, 6) is 0.